The number of hydrogen-bond donors (Lipinski definition) is 2. The molecule has 3 N–H and O–H groups in total. The Labute approximate surface area is 146 Å². The van der Waals surface area contributed by atoms with Crippen molar-refractivity contribution < 1.29 is 9.21 Å². The SMILES string of the molecule is Nc1nnc(CC(=O)N/N=C/c2ccc(-c3ccccc3Cl)o2)s1. The van der Waals surface area contributed by atoms with Crippen LogP contribution in [0, 0.1) is 0 Å². The van der Waals surface area contributed by atoms with Crippen molar-refractivity contribution in [1.29, 1.82) is 0 Å². The molecule has 9 heteroatoms. The Kier molecular flexibility index (Phi) is 4.88. The van der Waals surface area contributed by atoms with Gasteiger partial charge >= 0.3 is 0 Å². The summed E-state index contributed by atoms with van der Waals surface area (Å²) >= 11 is 7.28. The van der Waals surface area contributed by atoms with Crippen molar-refractivity contribution in [3.8, 4) is 11.3 Å². The van der Waals surface area contributed by atoms with E-state index in [2.05, 4.69) is 20.7 Å². The molecule has 7 nitrogen and oxygen atoms in total. The van der Waals surface area contributed by atoms with Gasteiger partial charge < -0.3 is 10.2 Å². The predicted molar refractivity (Wildman–Crippen MR) is 92.9 cm³/mol. The van der Waals surface area contributed by atoms with E-state index in [-0.39, 0.29) is 12.3 Å². The van der Waals surface area contributed by atoms with Crippen LogP contribution in [-0.2, 0) is 11.2 Å². The monoisotopic (exact) mass is 361 g/mol. The predicted octanol–water partition coefficient (Wildman–Crippen LogP) is 2.73. The zero-order valence-electron chi connectivity index (χ0n) is 12.3. The van der Waals surface area contributed by atoms with Gasteiger partial charge in [0.15, 0.2) is 0 Å². The number of nitrogen functional groups attached to an aromatic ring is 1. The Bertz CT molecular complexity index is 889. The number of halogens is 1. The zero-order valence-corrected chi connectivity index (χ0v) is 13.8. The van der Waals surface area contributed by atoms with Gasteiger partial charge in [-0.15, -0.1) is 10.2 Å². The molecular formula is C15H12ClN5O2S. The van der Waals surface area contributed by atoms with Crippen molar-refractivity contribution in [2.24, 2.45) is 5.10 Å². The van der Waals surface area contributed by atoms with Gasteiger partial charge in [-0.05, 0) is 24.3 Å². The number of benzene rings is 1. The number of furan rings is 1. The first-order valence-corrected chi connectivity index (χ1v) is 8.06. The van der Waals surface area contributed by atoms with Crippen LogP contribution in [0.25, 0.3) is 11.3 Å². The highest BCUT2D eigenvalue weighted by atomic mass is 35.5. The van der Waals surface area contributed by atoms with Crippen molar-refractivity contribution in [1.82, 2.24) is 15.6 Å². The summed E-state index contributed by atoms with van der Waals surface area (Å²) in [6.07, 6.45) is 1.47. The summed E-state index contributed by atoms with van der Waals surface area (Å²) in [7, 11) is 0. The van der Waals surface area contributed by atoms with E-state index < -0.39 is 0 Å². The largest absolute Gasteiger partial charge is 0.455 e. The first kappa shape index (κ1) is 16.2. The molecule has 1 amide bonds. The van der Waals surface area contributed by atoms with E-state index in [9.17, 15) is 4.79 Å². The molecule has 2 aromatic heterocycles. The fourth-order valence-corrected chi connectivity index (χ4v) is 2.75. The van der Waals surface area contributed by atoms with E-state index >= 15 is 0 Å². The minimum Gasteiger partial charge on any atom is -0.455 e. The maximum absolute atomic E-state index is 11.7. The van der Waals surface area contributed by atoms with Gasteiger partial charge in [-0.2, -0.15) is 5.10 Å². The van der Waals surface area contributed by atoms with E-state index in [0.717, 1.165) is 16.9 Å². The molecule has 3 rings (SSSR count). The minimum absolute atomic E-state index is 0.0647. The van der Waals surface area contributed by atoms with Gasteiger partial charge in [-0.1, -0.05) is 35.1 Å². The Morgan fingerprint density at radius 2 is 2.17 bits per heavy atom. The third kappa shape index (κ3) is 3.98. The van der Waals surface area contributed by atoms with Crippen LogP contribution in [0.5, 0.6) is 0 Å². The second-order valence-electron chi connectivity index (χ2n) is 4.69. The van der Waals surface area contributed by atoms with Gasteiger partial charge in [-0.3, -0.25) is 4.79 Å². The van der Waals surface area contributed by atoms with Crippen molar-refractivity contribution in [3.63, 3.8) is 0 Å². The van der Waals surface area contributed by atoms with E-state index in [4.69, 9.17) is 21.8 Å². The number of nitrogens with two attached hydrogens (primary N) is 1. The molecule has 0 saturated carbocycles. The van der Waals surface area contributed by atoms with Crippen molar-refractivity contribution in [2.75, 3.05) is 5.73 Å². The maximum Gasteiger partial charge on any atom is 0.247 e. The van der Waals surface area contributed by atoms with Crippen LogP contribution < -0.4 is 11.2 Å². The van der Waals surface area contributed by atoms with E-state index in [1.54, 1.807) is 18.2 Å². The molecule has 0 aliphatic heterocycles. The van der Waals surface area contributed by atoms with E-state index in [0.29, 0.717) is 26.7 Å². The summed E-state index contributed by atoms with van der Waals surface area (Å²) in [6, 6.07) is 10.9. The number of nitrogens with zero attached hydrogens (tertiary/aromatic N) is 3. The fraction of sp³-hybridized carbons (Fsp3) is 0.0667. The number of carbonyl (C=O) groups excluding carboxylic acids is 1. The van der Waals surface area contributed by atoms with Crippen LogP contribution >= 0.6 is 22.9 Å². The second kappa shape index (κ2) is 7.24. The van der Waals surface area contributed by atoms with Crippen molar-refractivity contribution >= 4 is 40.2 Å². The number of rotatable bonds is 5. The maximum atomic E-state index is 11.7. The number of aromatic nitrogens is 2. The number of carbonyl (C=O) groups is 1. The molecule has 0 aliphatic carbocycles. The second-order valence-corrected chi connectivity index (χ2v) is 6.19. The normalized spacial score (nSPS) is 11.0. The smallest absolute Gasteiger partial charge is 0.247 e. The first-order chi connectivity index (χ1) is 11.6. The molecule has 122 valence electrons. The van der Waals surface area contributed by atoms with E-state index in [1.807, 2.05) is 18.2 Å². The molecule has 0 fully saturated rings. The average Bonchev–Trinajstić information content (AvgIpc) is 3.17. The van der Waals surface area contributed by atoms with Crippen LogP contribution in [0.15, 0.2) is 45.9 Å². The standard InChI is InChI=1S/C15H12ClN5O2S/c16-11-4-2-1-3-10(11)12-6-5-9(23-12)8-18-19-13(22)7-14-20-21-15(17)24-14/h1-6,8H,7H2,(H2,17,21)(H,19,22)/b18-8+. The van der Waals surface area contributed by atoms with Crippen molar-refractivity contribution in [3.05, 3.63) is 52.2 Å². The number of hydrazone groups is 1. The van der Waals surface area contributed by atoms with Gasteiger partial charge in [0.25, 0.3) is 0 Å². The minimum atomic E-state index is -0.319. The highest BCUT2D eigenvalue weighted by molar-refractivity contribution is 7.15. The molecule has 3 aromatic rings. The Morgan fingerprint density at radius 3 is 2.92 bits per heavy atom. The molecule has 0 spiro atoms. The number of anilines is 1. The topological polar surface area (TPSA) is 106 Å². The van der Waals surface area contributed by atoms with Gasteiger partial charge in [0, 0.05) is 5.56 Å². The lowest BCUT2D eigenvalue weighted by Gasteiger charge is -1.99. The number of nitrogens with one attached hydrogen (secondary N) is 1. The lowest BCUT2D eigenvalue weighted by Crippen LogP contribution is -2.19. The third-order valence-electron chi connectivity index (χ3n) is 2.94. The summed E-state index contributed by atoms with van der Waals surface area (Å²) in [5, 5.41) is 12.7. The van der Waals surface area contributed by atoms with Crippen LogP contribution in [0.1, 0.15) is 10.8 Å². The summed E-state index contributed by atoms with van der Waals surface area (Å²) < 4.78 is 5.63. The molecule has 24 heavy (non-hydrogen) atoms. The molecule has 0 aliphatic rings. The van der Waals surface area contributed by atoms with Gasteiger partial charge in [-0.25, -0.2) is 5.43 Å². The fourth-order valence-electron chi connectivity index (χ4n) is 1.91. The van der Waals surface area contributed by atoms with E-state index in [1.165, 1.54) is 6.21 Å². The van der Waals surface area contributed by atoms with Crippen LogP contribution in [-0.4, -0.2) is 22.3 Å². The Morgan fingerprint density at radius 1 is 1.33 bits per heavy atom. The molecule has 2 heterocycles. The lowest BCUT2D eigenvalue weighted by atomic mass is 10.2. The Hall–Kier alpha value is -2.71. The first-order valence-electron chi connectivity index (χ1n) is 6.86. The number of hydrogen-bond acceptors (Lipinski definition) is 7. The number of amides is 1. The third-order valence-corrected chi connectivity index (χ3v) is 4.02. The van der Waals surface area contributed by atoms with Crippen LogP contribution in [0.3, 0.4) is 0 Å². The molecule has 0 unspecified atom stereocenters. The molecule has 0 saturated heterocycles. The quantitative estimate of drug-likeness (QED) is 0.536. The summed E-state index contributed by atoms with van der Waals surface area (Å²) in [6.45, 7) is 0. The lowest BCUT2D eigenvalue weighted by molar-refractivity contribution is -0.120. The van der Waals surface area contributed by atoms with Crippen molar-refractivity contribution in [2.45, 2.75) is 6.42 Å². The molecule has 0 bridgehead atoms. The Balaban J connectivity index is 1.59. The average molecular weight is 362 g/mol. The van der Waals surface area contributed by atoms with Gasteiger partial charge in [0.1, 0.15) is 16.5 Å². The molecule has 0 radical (unpaired) electrons. The van der Waals surface area contributed by atoms with Gasteiger partial charge in [0.2, 0.25) is 11.0 Å². The molecule has 1 aromatic carbocycles. The summed E-state index contributed by atoms with van der Waals surface area (Å²) in [4.78, 5) is 11.7. The summed E-state index contributed by atoms with van der Waals surface area (Å²) in [5.74, 6) is 0.795. The zero-order chi connectivity index (χ0) is 16.9. The highest BCUT2D eigenvalue weighted by Crippen LogP contribution is 2.28. The van der Waals surface area contributed by atoms with Crippen LogP contribution in [0.2, 0.25) is 5.02 Å². The molecule has 0 atom stereocenters. The molecular weight excluding hydrogens is 350 g/mol. The summed E-state index contributed by atoms with van der Waals surface area (Å²) in [5.41, 5.74) is 8.63. The highest BCUT2D eigenvalue weighted by Gasteiger charge is 2.08. The van der Waals surface area contributed by atoms with Gasteiger partial charge in [0.05, 0.1) is 17.7 Å². The van der Waals surface area contributed by atoms with Crippen LogP contribution in [0.4, 0.5) is 5.13 Å².